The van der Waals surface area contributed by atoms with Crippen molar-refractivity contribution in [1.29, 1.82) is 0 Å². The molecule has 6 nitrogen and oxygen atoms in total. The molecule has 1 spiro atoms. The summed E-state index contributed by atoms with van der Waals surface area (Å²) in [7, 11) is 0. The Kier molecular flexibility index (Phi) is 4.11. The van der Waals surface area contributed by atoms with Crippen LogP contribution in [-0.4, -0.2) is 34.9 Å². The van der Waals surface area contributed by atoms with Gasteiger partial charge in [-0.15, -0.1) is 0 Å². The van der Waals surface area contributed by atoms with Gasteiger partial charge in [0.15, 0.2) is 0 Å². The second-order valence-corrected chi connectivity index (χ2v) is 7.32. The fourth-order valence-electron chi connectivity index (χ4n) is 3.83. The Hall–Kier alpha value is -2.89. The van der Waals surface area contributed by atoms with E-state index in [0.717, 1.165) is 24.1 Å². The number of nitrogens with zero attached hydrogens (tertiary/aromatic N) is 2. The summed E-state index contributed by atoms with van der Waals surface area (Å²) < 4.78 is 0. The second-order valence-electron chi connectivity index (χ2n) is 7.32. The first kappa shape index (κ1) is 16.6. The second kappa shape index (κ2) is 6.44. The highest BCUT2D eigenvalue weighted by Crippen LogP contribution is 2.58. The van der Waals surface area contributed by atoms with Crippen LogP contribution in [0.5, 0.6) is 0 Å². The molecule has 2 fully saturated rings. The van der Waals surface area contributed by atoms with Crippen LogP contribution in [0.15, 0.2) is 48.8 Å². The van der Waals surface area contributed by atoms with Gasteiger partial charge in [0.25, 0.3) is 0 Å². The minimum Gasteiger partial charge on any atom is -0.324 e. The summed E-state index contributed by atoms with van der Waals surface area (Å²) in [5.41, 5.74) is 2.57. The van der Waals surface area contributed by atoms with Crippen molar-refractivity contribution in [3.63, 3.8) is 0 Å². The van der Waals surface area contributed by atoms with E-state index in [1.165, 1.54) is 0 Å². The number of benzene rings is 1. The normalized spacial score (nSPS) is 23.7. The third kappa shape index (κ3) is 3.27. The standard InChI is InChI=1S/C20H22N4O2/c1-14-4-2-5-15(10-14)23-19(26)24-9-7-20(13-24)11-17(20)18(25)22-16-6-3-8-21-12-16/h2-6,8,10,12,17H,7,9,11,13H2,1H3,(H,22,25)(H,23,26)/t17-,20+/m0/s1. The lowest BCUT2D eigenvalue weighted by Crippen LogP contribution is -2.33. The average molecular weight is 350 g/mol. The van der Waals surface area contributed by atoms with Gasteiger partial charge in [-0.1, -0.05) is 12.1 Å². The molecular formula is C20H22N4O2. The quantitative estimate of drug-likeness (QED) is 0.892. The predicted molar refractivity (Wildman–Crippen MR) is 99.8 cm³/mol. The molecule has 1 aliphatic heterocycles. The molecule has 1 saturated carbocycles. The average Bonchev–Trinajstić information content (AvgIpc) is 3.16. The highest BCUT2D eigenvalue weighted by atomic mass is 16.2. The lowest BCUT2D eigenvalue weighted by atomic mass is 10.0. The summed E-state index contributed by atoms with van der Waals surface area (Å²) >= 11 is 0. The Balaban J connectivity index is 1.34. The molecular weight excluding hydrogens is 328 g/mol. The number of aromatic nitrogens is 1. The van der Waals surface area contributed by atoms with Crippen molar-refractivity contribution in [1.82, 2.24) is 9.88 Å². The van der Waals surface area contributed by atoms with E-state index in [9.17, 15) is 9.59 Å². The molecule has 3 amide bonds. The highest BCUT2D eigenvalue weighted by molar-refractivity contribution is 5.95. The fraction of sp³-hybridized carbons (Fsp3) is 0.350. The molecule has 2 heterocycles. The maximum absolute atomic E-state index is 12.5. The summed E-state index contributed by atoms with van der Waals surface area (Å²) in [6.45, 7) is 3.32. The molecule has 0 unspecified atom stereocenters. The number of carbonyl (C=O) groups is 2. The molecule has 0 bridgehead atoms. The third-order valence-corrected chi connectivity index (χ3v) is 5.38. The first-order chi connectivity index (χ1) is 12.6. The van der Waals surface area contributed by atoms with Crippen molar-refractivity contribution in [3.05, 3.63) is 54.4 Å². The zero-order valence-corrected chi connectivity index (χ0v) is 14.7. The van der Waals surface area contributed by atoms with Crippen molar-refractivity contribution in [3.8, 4) is 0 Å². The molecule has 2 N–H and O–H groups in total. The number of likely N-dealkylation sites (tertiary alicyclic amines) is 1. The molecule has 1 aliphatic carbocycles. The maximum Gasteiger partial charge on any atom is 0.321 e. The van der Waals surface area contributed by atoms with Gasteiger partial charge in [-0.3, -0.25) is 9.78 Å². The summed E-state index contributed by atoms with van der Waals surface area (Å²) in [6.07, 6.45) is 5.03. The van der Waals surface area contributed by atoms with E-state index in [1.807, 2.05) is 42.2 Å². The molecule has 1 saturated heterocycles. The number of carbonyl (C=O) groups excluding carboxylic acids is 2. The molecule has 26 heavy (non-hydrogen) atoms. The van der Waals surface area contributed by atoms with E-state index in [-0.39, 0.29) is 23.3 Å². The summed E-state index contributed by atoms with van der Waals surface area (Å²) in [5.74, 6) is -0.00146. The van der Waals surface area contributed by atoms with Crippen LogP contribution in [0, 0.1) is 18.3 Å². The summed E-state index contributed by atoms with van der Waals surface area (Å²) in [6, 6.07) is 11.3. The predicted octanol–water partition coefficient (Wildman–Crippen LogP) is 3.27. The minimum absolute atomic E-state index is 0.0268. The van der Waals surface area contributed by atoms with E-state index in [0.29, 0.717) is 18.8 Å². The number of anilines is 2. The number of rotatable bonds is 3. The first-order valence-corrected chi connectivity index (χ1v) is 8.89. The van der Waals surface area contributed by atoms with Gasteiger partial charge >= 0.3 is 6.03 Å². The Morgan fingerprint density at radius 3 is 2.81 bits per heavy atom. The smallest absolute Gasteiger partial charge is 0.321 e. The summed E-state index contributed by atoms with van der Waals surface area (Å²) in [5, 5.41) is 5.88. The van der Waals surface area contributed by atoms with E-state index < -0.39 is 0 Å². The van der Waals surface area contributed by atoms with Crippen molar-refractivity contribution >= 4 is 23.3 Å². The van der Waals surface area contributed by atoms with Gasteiger partial charge in [0.05, 0.1) is 11.9 Å². The third-order valence-electron chi connectivity index (χ3n) is 5.38. The van der Waals surface area contributed by atoms with Crippen molar-refractivity contribution < 1.29 is 9.59 Å². The van der Waals surface area contributed by atoms with Gasteiger partial charge in [0.1, 0.15) is 0 Å². The Bertz CT molecular complexity index is 839. The molecule has 2 aliphatic rings. The number of hydrogen-bond donors (Lipinski definition) is 2. The van der Waals surface area contributed by atoms with E-state index in [2.05, 4.69) is 15.6 Å². The molecule has 1 aromatic heterocycles. The number of aryl methyl sites for hydroxylation is 1. The van der Waals surface area contributed by atoms with Crippen LogP contribution in [0.3, 0.4) is 0 Å². The topological polar surface area (TPSA) is 74.3 Å². The number of hydrogen-bond acceptors (Lipinski definition) is 3. The van der Waals surface area contributed by atoms with Gasteiger partial charge < -0.3 is 15.5 Å². The SMILES string of the molecule is Cc1cccc(NC(=O)N2CC[C@@]3(C[C@H]3C(=O)Nc3cccnc3)C2)c1. The molecule has 4 rings (SSSR count). The summed E-state index contributed by atoms with van der Waals surface area (Å²) in [4.78, 5) is 30.8. The number of pyridine rings is 1. The van der Waals surface area contributed by atoms with Crippen LogP contribution >= 0.6 is 0 Å². The van der Waals surface area contributed by atoms with Crippen LogP contribution in [0.2, 0.25) is 0 Å². The largest absolute Gasteiger partial charge is 0.324 e. The maximum atomic E-state index is 12.5. The first-order valence-electron chi connectivity index (χ1n) is 8.89. The van der Waals surface area contributed by atoms with Gasteiger partial charge in [-0.25, -0.2) is 4.79 Å². The highest BCUT2D eigenvalue weighted by Gasteiger charge is 2.61. The molecule has 134 valence electrons. The number of urea groups is 1. The van der Waals surface area contributed by atoms with Crippen LogP contribution in [0.1, 0.15) is 18.4 Å². The molecule has 0 radical (unpaired) electrons. The van der Waals surface area contributed by atoms with Gasteiger partial charge in [-0.05, 0) is 49.6 Å². The van der Waals surface area contributed by atoms with Crippen molar-refractivity contribution in [2.45, 2.75) is 19.8 Å². The molecule has 1 aromatic carbocycles. The van der Waals surface area contributed by atoms with Crippen LogP contribution in [-0.2, 0) is 4.79 Å². The van der Waals surface area contributed by atoms with Crippen LogP contribution < -0.4 is 10.6 Å². The Morgan fingerprint density at radius 2 is 2.04 bits per heavy atom. The van der Waals surface area contributed by atoms with Crippen LogP contribution in [0.25, 0.3) is 0 Å². The van der Waals surface area contributed by atoms with Crippen molar-refractivity contribution in [2.75, 3.05) is 23.7 Å². The van der Waals surface area contributed by atoms with E-state index in [1.54, 1.807) is 18.5 Å². The zero-order chi connectivity index (χ0) is 18.1. The molecule has 2 aromatic rings. The molecule has 6 heteroatoms. The van der Waals surface area contributed by atoms with E-state index in [4.69, 9.17) is 0 Å². The fourth-order valence-corrected chi connectivity index (χ4v) is 3.83. The van der Waals surface area contributed by atoms with Gasteiger partial charge in [0, 0.05) is 36.3 Å². The number of nitrogens with one attached hydrogen (secondary N) is 2. The minimum atomic E-state index is -0.0919. The number of amides is 3. The zero-order valence-electron chi connectivity index (χ0n) is 14.7. The lowest BCUT2D eigenvalue weighted by Gasteiger charge is -2.18. The Labute approximate surface area is 152 Å². The Morgan fingerprint density at radius 1 is 1.19 bits per heavy atom. The van der Waals surface area contributed by atoms with E-state index >= 15 is 0 Å². The van der Waals surface area contributed by atoms with Crippen molar-refractivity contribution in [2.24, 2.45) is 11.3 Å². The van der Waals surface area contributed by atoms with Gasteiger partial charge in [0.2, 0.25) is 5.91 Å². The monoisotopic (exact) mass is 350 g/mol. The van der Waals surface area contributed by atoms with Gasteiger partial charge in [-0.2, -0.15) is 0 Å². The van der Waals surface area contributed by atoms with Crippen LogP contribution in [0.4, 0.5) is 16.2 Å². The molecule has 2 atom stereocenters. The lowest BCUT2D eigenvalue weighted by molar-refractivity contribution is -0.118.